The molecule has 0 bridgehead atoms. The Morgan fingerprint density at radius 1 is 1.40 bits per heavy atom. The average molecular weight is 276 g/mol. The summed E-state index contributed by atoms with van der Waals surface area (Å²) in [5.74, 6) is -1.64. The molecule has 0 aliphatic rings. The molecule has 0 fully saturated rings. The molecule has 2 aromatic rings. The minimum Gasteiger partial charge on any atom is -0.497 e. The van der Waals surface area contributed by atoms with Gasteiger partial charge in [0.25, 0.3) is 0 Å². The standard InChI is InChI=1S/C14H13FN2O3/c1-17(9-4-3-5-10(8-9)20-2)13-12(15)11(14(18)19)6-7-16-13/h3-8H,1-2H3,(H,18,19). The van der Waals surface area contributed by atoms with Gasteiger partial charge in [-0.05, 0) is 18.2 Å². The number of halogens is 1. The first-order valence-corrected chi connectivity index (χ1v) is 5.80. The minimum absolute atomic E-state index is 0.0573. The number of ether oxygens (including phenoxy) is 1. The third-order valence-corrected chi connectivity index (χ3v) is 2.86. The number of carboxylic acid groups (broad SMARTS) is 1. The van der Waals surface area contributed by atoms with Crippen LogP contribution in [0.15, 0.2) is 36.5 Å². The van der Waals surface area contributed by atoms with E-state index < -0.39 is 17.3 Å². The van der Waals surface area contributed by atoms with Crippen LogP contribution in [0, 0.1) is 5.82 Å². The minimum atomic E-state index is -1.33. The molecule has 6 heteroatoms. The van der Waals surface area contributed by atoms with Gasteiger partial charge in [0.1, 0.15) is 11.3 Å². The van der Waals surface area contributed by atoms with Gasteiger partial charge in [-0.2, -0.15) is 0 Å². The van der Waals surface area contributed by atoms with Crippen LogP contribution in [0.25, 0.3) is 0 Å². The highest BCUT2D eigenvalue weighted by molar-refractivity contribution is 5.89. The molecule has 0 atom stereocenters. The maximum atomic E-state index is 14.1. The van der Waals surface area contributed by atoms with Gasteiger partial charge in [0.15, 0.2) is 11.6 Å². The van der Waals surface area contributed by atoms with Crippen molar-refractivity contribution in [1.82, 2.24) is 4.98 Å². The number of rotatable bonds is 4. The summed E-state index contributed by atoms with van der Waals surface area (Å²) in [6, 6.07) is 8.09. The van der Waals surface area contributed by atoms with Crippen LogP contribution < -0.4 is 9.64 Å². The van der Waals surface area contributed by atoms with Gasteiger partial charge in [-0.3, -0.25) is 0 Å². The highest BCUT2D eigenvalue weighted by atomic mass is 19.1. The highest BCUT2D eigenvalue weighted by Gasteiger charge is 2.18. The summed E-state index contributed by atoms with van der Waals surface area (Å²) < 4.78 is 19.2. The van der Waals surface area contributed by atoms with Crippen molar-refractivity contribution < 1.29 is 19.0 Å². The molecule has 0 radical (unpaired) electrons. The summed E-state index contributed by atoms with van der Waals surface area (Å²) in [5.41, 5.74) is 0.225. The van der Waals surface area contributed by atoms with E-state index >= 15 is 0 Å². The molecule has 0 aliphatic heterocycles. The maximum Gasteiger partial charge on any atom is 0.338 e. The fourth-order valence-corrected chi connectivity index (χ4v) is 1.77. The first-order valence-electron chi connectivity index (χ1n) is 5.80. The second-order valence-corrected chi connectivity index (χ2v) is 4.06. The third kappa shape index (κ3) is 2.54. The lowest BCUT2D eigenvalue weighted by molar-refractivity contribution is 0.0692. The van der Waals surface area contributed by atoms with Gasteiger partial charge in [-0.1, -0.05) is 6.07 Å². The van der Waals surface area contributed by atoms with Gasteiger partial charge in [-0.25, -0.2) is 14.2 Å². The van der Waals surface area contributed by atoms with E-state index in [9.17, 15) is 9.18 Å². The molecular weight excluding hydrogens is 263 g/mol. The van der Waals surface area contributed by atoms with E-state index in [0.29, 0.717) is 11.4 Å². The quantitative estimate of drug-likeness (QED) is 0.930. The lowest BCUT2D eigenvalue weighted by Crippen LogP contribution is -2.15. The summed E-state index contributed by atoms with van der Waals surface area (Å²) in [7, 11) is 3.13. The van der Waals surface area contributed by atoms with Crippen LogP contribution >= 0.6 is 0 Å². The number of aromatic carboxylic acids is 1. The molecule has 1 aromatic heterocycles. The molecule has 1 N–H and O–H groups in total. The molecule has 5 nitrogen and oxygen atoms in total. The number of carboxylic acids is 1. The van der Waals surface area contributed by atoms with Crippen LogP contribution in [0.2, 0.25) is 0 Å². The largest absolute Gasteiger partial charge is 0.497 e. The van der Waals surface area contributed by atoms with E-state index in [4.69, 9.17) is 9.84 Å². The topological polar surface area (TPSA) is 62.7 Å². The molecule has 104 valence electrons. The number of benzene rings is 1. The molecule has 0 amide bonds. The molecule has 1 aromatic carbocycles. The molecule has 20 heavy (non-hydrogen) atoms. The lowest BCUT2D eigenvalue weighted by atomic mass is 10.2. The lowest BCUT2D eigenvalue weighted by Gasteiger charge is -2.19. The Morgan fingerprint density at radius 3 is 2.80 bits per heavy atom. The summed E-state index contributed by atoms with van der Waals surface area (Å²) in [4.78, 5) is 16.3. The Morgan fingerprint density at radius 2 is 2.15 bits per heavy atom. The van der Waals surface area contributed by atoms with Crippen LogP contribution in [0.5, 0.6) is 5.75 Å². The van der Waals surface area contributed by atoms with Crippen molar-refractivity contribution in [3.05, 3.63) is 47.9 Å². The monoisotopic (exact) mass is 276 g/mol. The zero-order chi connectivity index (χ0) is 14.7. The van der Waals surface area contributed by atoms with Gasteiger partial charge in [0.2, 0.25) is 0 Å². The number of hydrogen-bond donors (Lipinski definition) is 1. The molecular formula is C14H13FN2O3. The number of hydrogen-bond acceptors (Lipinski definition) is 4. The van der Waals surface area contributed by atoms with E-state index in [-0.39, 0.29) is 5.82 Å². The van der Waals surface area contributed by atoms with Crippen LogP contribution in [0.1, 0.15) is 10.4 Å². The fourth-order valence-electron chi connectivity index (χ4n) is 1.77. The van der Waals surface area contributed by atoms with Gasteiger partial charge < -0.3 is 14.7 Å². The van der Waals surface area contributed by atoms with Crippen molar-refractivity contribution in [1.29, 1.82) is 0 Å². The number of nitrogens with zero attached hydrogens (tertiary/aromatic N) is 2. The smallest absolute Gasteiger partial charge is 0.338 e. The zero-order valence-corrected chi connectivity index (χ0v) is 11.0. The van der Waals surface area contributed by atoms with Crippen LogP contribution in [-0.2, 0) is 0 Å². The van der Waals surface area contributed by atoms with Crippen LogP contribution in [-0.4, -0.2) is 30.2 Å². The summed E-state index contributed by atoms with van der Waals surface area (Å²) >= 11 is 0. The molecule has 2 rings (SSSR count). The van der Waals surface area contributed by atoms with Crippen molar-refractivity contribution in [2.75, 3.05) is 19.1 Å². The van der Waals surface area contributed by atoms with Crippen molar-refractivity contribution in [3.8, 4) is 5.75 Å². The van der Waals surface area contributed by atoms with E-state index in [1.165, 1.54) is 18.2 Å². The summed E-state index contributed by atoms with van der Waals surface area (Å²) in [6.45, 7) is 0. The first-order chi connectivity index (χ1) is 9.54. The Labute approximate surface area is 115 Å². The Balaban J connectivity index is 2.45. The predicted molar refractivity (Wildman–Crippen MR) is 72.2 cm³/mol. The van der Waals surface area contributed by atoms with Crippen molar-refractivity contribution >= 4 is 17.5 Å². The molecule has 0 aliphatic carbocycles. The van der Waals surface area contributed by atoms with Crippen LogP contribution in [0.4, 0.5) is 15.9 Å². The van der Waals surface area contributed by atoms with Gasteiger partial charge in [0.05, 0.1) is 7.11 Å². The molecule has 0 spiro atoms. The van der Waals surface area contributed by atoms with E-state index in [0.717, 1.165) is 6.07 Å². The van der Waals surface area contributed by atoms with Crippen molar-refractivity contribution in [3.63, 3.8) is 0 Å². The molecule has 0 saturated heterocycles. The Hall–Kier alpha value is -2.63. The Kier molecular flexibility index (Phi) is 3.84. The third-order valence-electron chi connectivity index (χ3n) is 2.86. The number of anilines is 2. The average Bonchev–Trinajstić information content (AvgIpc) is 2.46. The molecule has 1 heterocycles. The second kappa shape index (κ2) is 5.56. The SMILES string of the molecule is COc1cccc(N(C)c2nccc(C(=O)O)c2F)c1. The first kappa shape index (κ1) is 13.8. The summed E-state index contributed by atoms with van der Waals surface area (Å²) in [5, 5.41) is 8.92. The van der Waals surface area contributed by atoms with Crippen LogP contribution in [0.3, 0.4) is 0 Å². The van der Waals surface area contributed by atoms with Crippen molar-refractivity contribution in [2.24, 2.45) is 0 Å². The molecule has 0 saturated carbocycles. The molecule has 0 unspecified atom stereocenters. The van der Waals surface area contributed by atoms with Gasteiger partial charge >= 0.3 is 5.97 Å². The zero-order valence-electron chi connectivity index (χ0n) is 11.0. The number of aromatic nitrogens is 1. The van der Waals surface area contributed by atoms with Gasteiger partial charge in [-0.15, -0.1) is 0 Å². The predicted octanol–water partition coefficient (Wildman–Crippen LogP) is 2.70. The Bertz CT molecular complexity index is 646. The maximum absolute atomic E-state index is 14.1. The second-order valence-electron chi connectivity index (χ2n) is 4.06. The van der Waals surface area contributed by atoms with Gasteiger partial charge in [0, 0.05) is 25.0 Å². The number of pyridine rings is 1. The highest BCUT2D eigenvalue weighted by Crippen LogP contribution is 2.28. The number of methoxy groups -OCH3 is 1. The summed E-state index contributed by atoms with van der Waals surface area (Å²) in [6.07, 6.45) is 1.26. The number of carbonyl (C=O) groups is 1. The normalized spacial score (nSPS) is 10.2. The fraction of sp³-hybridized carbons (Fsp3) is 0.143. The van der Waals surface area contributed by atoms with Crippen molar-refractivity contribution in [2.45, 2.75) is 0 Å². The van der Waals surface area contributed by atoms with E-state index in [1.807, 2.05) is 0 Å². The van der Waals surface area contributed by atoms with E-state index in [2.05, 4.69) is 4.98 Å². The van der Waals surface area contributed by atoms with E-state index in [1.54, 1.807) is 31.3 Å².